The Balaban J connectivity index is 1.53. The summed E-state index contributed by atoms with van der Waals surface area (Å²) in [5.41, 5.74) is 2.59. The van der Waals surface area contributed by atoms with E-state index in [2.05, 4.69) is 14.9 Å². The number of nitrogens with zero attached hydrogens (tertiary/aromatic N) is 2. The average Bonchev–Trinajstić information content (AvgIpc) is 3.16. The zero-order valence-corrected chi connectivity index (χ0v) is 16.2. The predicted molar refractivity (Wildman–Crippen MR) is 101 cm³/mol. The molecule has 28 heavy (non-hydrogen) atoms. The summed E-state index contributed by atoms with van der Waals surface area (Å²) >= 11 is 0. The van der Waals surface area contributed by atoms with E-state index in [1.165, 1.54) is 6.07 Å². The van der Waals surface area contributed by atoms with Crippen LogP contribution in [0.2, 0.25) is 0 Å². The Morgan fingerprint density at radius 3 is 2.57 bits per heavy atom. The summed E-state index contributed by atoms with van der Waals surface area (Å²) in [5, 5.41) is 3.82. The zero-order chi connectivity index (χ0) is 20.1. The quantitative estimate of drug-likeness (QED) is 0.605. The third-order valence-electron chi connectivity index (χ3n) is 4.05. The minimum absolute atomic E-state index is 0.0906. The van der Waals surface area contributed by atoms with Gasteiger partial charge in [0.1, 0.15) is 6.54 Å². The van der Waals surface area contributed by atoms with Crippen molar-refractivity contribution in [2.24, 2.45) is 0 Å². The van der Waals surface area contributed by atoms with Crippen molar-refractivity contribution in [1.29, 1.82) is 0 Å². The van der Waals surface area contributed by atoms with Crippen LogP contribution in [0.5, 0.6) is 0 Å². The van der Waals surface area contributed by atoms with Gasteiger partial charge in [0.05, 0.1) is 4.90 Å². The molecule has 1 aromatic heterocycles. The number of nitrogens with one attached hydrogen (secondary N) is 1. The van der Waals surface area contributed by atoms with E-state index < -0.39 is 22.5 Å². The van der Waals surface area contributed by atoms with Crippen LogP contribution < -0.4 is 4.72 Å². The number of aryl methyl sites for hydroxylation is 2. The van der Waals surface area contributed by atoms with Crippen LogP contribution in [-0.4, -0.2) is 31.1 Å². The summed E-state index contributed by atoms with van der Waals surface area (Å²) in [6.07, 6.45) is 0. The Morgan fingerprint density at radius 1 is 1.11 bits per heavy atom. The van der Waals surface area contributed by atoms with Crippen LogP contribution in [0.25, 0.3) is 11.4 Å². The first kappa shape index (κ1) is 19.7. The lowest BCUT2D eigenvalue weighted by molar-refractivity contribution is -0.144. The highest BCUT2D eigenvalue weighted by atomic mass is 32.2. The molecule has 0 amide bonds. The fourth-order valence-corrected chi connectivity index (χ4v) is 3.38. The molecule has 0 fully saturated rings. The maximum atomic E-state index is 12.3. The van der Waals surface area contributed by atoms with Crippen LogP contribution in [-0.2, 0) is 26.2 Å². The van der Waals surface area contributed by atoms with Gasteiger partial charge in [0.2, 0.25) is 15.8 Å². The highest BCUT2D eigenvalue weighted by molar-refractivity contribution is 7.89. The molecule has 0 aliphatic heterocycles. The fourth-order valence-electron chi connectivity index (χ4n) is 2.33. The second-order valence-electron chi connectivity index (χ2n) is 6.11. The number of carbonyl (C=O) groups excluding carboxylic acids is 1. The van der Waals surface area contributed by atoms with Gasteiger partial charge in [-0.05, 0) is 37.1 Å². The normalized spacial score (nSPS) is 11.4. The van der Waals surface area contributed by atoms with E-state index in [1.54, 1.807) is 12.1 Å². The number of ether oxygens (including phenoxy) is 1. The molecule has 8 nitrogen and oxygen atoms in total. The van der Waals surface area contributed by atoms with Gasteiger partial charge in [-0.2, -0.15) is 9.71 Å². The largest absolute Gasteiger partial charge is 0.455 e. The summed E-state index contributed by atoms with van der Waals surface area (Å²) in [5.74, 6) is -0.266. The molecule has 146 valence electrons. The summed E-state index contributed by atoms with van der Waals surface area (Å²) in [6.45, 7) is 2.95. The first-order valence-electron chi connectivity index (χ1n) is 8.46. The first-order valence-corrected chi connectivity index (χ1v) is 9.94. The van der Waals surface area contributed by atoms with Crippen LogP contribution >= 0.6 is 0 Å². The predicted octanol–water partition coefficient (Wildman–Crippen LogP) is 2.38. The van der Waals surface area contributed by atoms with Crippen LogP contribution in [0.1, 0.15) is 17.0 Å². The maximum Gasteiger partial charge on any atom is 0.321 e. The Kier molecular flexibility index (Phi) is 5.86. The summed E-state index contributed by atoms with van der Waals surface area (Å²) in [4.78, 5) is 16.1. The van der Waals surface area contributed by atoms with Gasteiger partial charge in [0.25, 0.3) is 5.89 Å². The molecule has 3 aromatic rings. The van der Waals surface area contributed by atoms with Gasteiger partial charge in [0.15, 0.2) is 6.61 Å². The van der Waals surface area contributed by atoms with Crippen molar-refractivity contribution >= 4 is 16.0 Å². The molecule has 9 heteroatoms. The van der Waals surface area contributed by atoms with Crippen LogP contribution in [0.15, 0.2) is 57.9 Å². The van der Waals surface area contributed by atoms with Gasteiger partial charge in [-0.1, -0.05) is 41.6 Å². The lowest BCUT2D eigenvalue weighted by atomic mass is 10.1. The Morgan fingerprint density at radius 2 is 1.86 bits per heavy atom. The van der Waals surface area contributed by atoms with E-state index in [1.807, 2.05) is 44.2 Å². The van der Waals surface area contributed by atoms with Gasteiger partial charge in [-0.15, -0.1) is 0 Å². The van der Waals surface area contributed by atoms with Crippen molar-refractivity contribution in [2.45, 2.75) is 25.3 Å². The molecule has 3 rings (SSSR count). The van der Waals surface area contributed by atoms with Crippen molar-refractivity contribution in [2.75, 3.05) is 6.54 Å². The van der Waals surface area contributed by atoms with Gasteiger partial charge in [-0.3, -0.25) is 4.79 Å². The minimum atomic E-state index is -3.81. The number of carbonyl (C=O) groups is 1. The van der Waals surface area contributed by atoms with Crippen LogP contribution in [0.3, 0.4) is 0 Å². The van der Waals surface area contributed by atoms with E-state index >= 15 is 0 Å². The number of sulfonamides is 1. The zero-order valence-electron chi connectivity index (χ0n) is 15.4. The van der Waals surface area contributed by atoms with Gasteiger partial charge in [0, 0.05) is 5.56 Å². The monoisotopic (exact) mass is 401 g/mol. The van der Waals surface area contributed by atoms with E-state index in [4.69, 9.17) is 9.26 Å². The summed E-state index contributed by atoms with van der Waals surface area (Å²) < 4.78 is 36.8. The topological polar surface area (TPSA) is 111 Å². The summed E-state index contributed by atoms with van der Waals surface area (Å²) in [7, 11) is -3.81. The van der Waals surface area contributed by atoms with Crippen molar-refractivity contribution in [3.63, 3.8) is 0 Å². The van der Waals surface area contributed by atoms with Gasteiger partial charge >= 0.3 is 5.97 Å². The number of hydrogen-bond donors (Lipinski definition) is 1. The molecule has 1 N–H and O–H groups in total. The van der Waals surface area contributed by atoms with Crippen LogP contribution in [0, 0.1) is 13.8 Å². The SMILES string of the molecule is Cc1ccc(S(=O)(=O)NCC(=O)OCc2nc(-c3ccccc3)no2)cc1C. The molecule has 0 saturated heterocycles. The molecule has 2 aromatic carbocycles. The molecular weight excluding hydrogens is 382 g/mol. The van der Waals surface area contributed by atoms with Crippen molar-refractivity contribution in [3.8, 4) is 11.4 Å². The Hall–Kier alpha value is -3.04. The average molecular weight is 401 g/mol. The summed E-state index contributed by atoms with van der Waals surface area (Å²) in [6, 6.07) is 13.9. The number of benzene rings is 2. The molecule has 1 heterocycles. The minimum Gasteiger partial charge on any atom is -0.455 e. The molecule has 0 atom stereocenters. The molecule has 0 aliphatic rings. The molecule has 0 saturated carbocycles. The fraction of sp³-hybridized carbons (Fsp3) is 0.211. The molecule has 0 spiro atoms. The van der Waals surface area contributed by atoms with E-state index in [9.17, 15) is 13.2 Å². The number of rotatable bonds is 7. The smallest absolute Gasteiger partial charge is 0.321 e. The second-order valence-corrected chi connectivity index (χ2v) is 7.88. The van der Waals surface area contributed by atoms with Crippen LogP contribution in [0.4, 0.5) is 0 Å². The lowest BCUT2D eigenvalue weighted by Gasteiger charge is -2.08. The van der Waals surface area contributed by atoms with Gasteiger partial charge < -0.3 is 9.26 Å². The number of aromatic nitrogens is 2. The lowest BCUT2D eigenvalue weighted by Crippen LogP contribution is -2.30. The van der Waals surface area contributed by atoms with E-state index in [0.29, 0.717) is 5.82 Å². The standard InChI is InChI=1S/C19H19N3O5S/c1-13-8-9-16(10-14(13)2)28(24,25)20-11-18(23)26-12-17-21-19(22-27-17)15-6-4-3-5-7-15/h3-10,20H,11-12H2,1-2H3. The van der Waals surface area contributed by atoms with Gasteiger partial charge in [-0.25, -0.2) is 8.42 Å². The molecule has 0 aliphatic carbocycles. The van der Waals surface area contributed by atoms with Crippen molar-refractivity contribution < 1.29 is 22.5 Å². The highest BCUT2D eigenvalue weighted by Gasteiger charge is 2.17. The van der Waals surface area contributed by atoms with E-state index in [0.717, 1.165) is 16.7 Å². The molecule has 0 unspecified atom stereocenters. The number of esters is 1. The van der Waals surface area contributed by atoms with Crippen molar-refractivity contribution in [3.05, 3.63) is 65.5 Å². The Bertz CT molecular complexity index is 1080. The molecule has 0 radical (unpaired) electrons. The third kappa shape index (κ3) is 4.81. The molecular formula is C19H19N3O5S. The third-order valence-corrected chi connectivity index (χ3v) is 5.45. The second kappa shape index (κ2) is 8.32. The Labute approximate surface area is 162 Å². The number of hydrogen-bond acceptors (Lipinski definition) is 7. The van der Waals surface area contributed by atoms with Crippen molar-refractivity contribution in [1.82, 2.24) is 14.9 Å². The van der Waals surface area contributed by atoms with E-state index in [-0.39, 0.29) is 17.4 Å². The first-order chi connectivity index (χ1) is 13.3. The highest BCUT2D eigenvalue weighted by Crippen LogP contribution is 2.16. The molecule has 0 bridgehead atoms. The maximum absolute atomic E-state index is 12.3.